The van der Waals surface area contributed by atoms with Gasteiger partial charge in [-0.1, -0.05) is 32.5 Å². The second kappa shape index (κ2) is 6.22. The van der Waals surface area contributed by atoms with Gasteiger partial charge >= 0.3 is 5.97 Å². The summed E-state index contributed by atoms with van der Waals surface area (Å²) in [6.45, 7) is 13.5. The molecule has 0 aliphatic rings. The molecule has 0 fully saturated rings. The van der Waals surface area contributed by atoms with E-state index < -0.39 is 5.60 Å². The average Bonchev–Trinajstić information content (AvgIpc) is 2.27. The van der Waals surface area contributed by atoms with E-state index in [2.05, 4.69) is 9.97 Å². The number of aromatic nitrogens is 2. The van der Waals surface area contributed by atoms with E-state index in [1.165, 1.54) is 11.8 Å². The lowest BCUT2D eigenvalue weighted by atomic mass is 9.95. The summed E-state index contributed by atoms with van der Waals surface area (Å²) in [5.41, 5.74) is 6.08. The van der Waals surface area contributed by atoms with Crippen molar-refractivity contribution in [2.24, 2.45) is 0 Å². The van der Waals surface area contributed by atoms with Crippen LogP contribution in [0, 0.1) is 6.92 Å². The topological polar surface area (TPSA) is 78.1 Å². The highest BCUT2D eigenvalue weighted by Gasteiger charge is 2.22. The van der Waals surface area contributed by atoms with Crippen molar-refractivity contribution < 1.29 is 9.53 Å². The van der Waals surface area contributed by atoms with Gasteiger partial charge in [0.1, 0.15) is 22.3 Å². The van der Waals surface area contributed by atoms with Crippen LogP contribution >= 0.6 is 11.8 Å². The van der Waals surface area contributed by atoms with Crippen molar-refractivity contribution >= 4 is 23.5 Å². The number of carbonyl (C=O) groups is 1. The van der Waals surface area contributed by atoms with Crippen molar-refractivity contribution in [3.8, 4) is 0 Å². The molecule has 118 valence electrons. The van der Waals surface area contributed by atoms with Gasteiger partial charge in [-0.3, -0.25) is 4.79 Å². The van der Waals surface area contributed by atoms with Crippen LogP contribution in [0.15, 0.2) is 5.03 Å². The van der Waals surface area contributed by atoms with Crippen LogP contribution in [0.2, 0.25) is 0 Å². The molecule has 0 radical (unpaired) electrons. The number of nitrogens with zero attached hydrogens (tertiary/aromatic N) is 2. The Morgan fingerprint density at radius 2 is 1.76 bits per heavy atom. The lowest BCUT2D eigenvalue weighted by Crippen LogP contribution is -2.25. The minimum absolute atomic E-state index is 0.191. The fourth-order valence-electron chi connectivity index (χ4n) is 1.49. The molecule has 0 saturated heterocycles. The smallest absolute Gasteiger partial charge is 0.316 e. The Hall–Kier alpha value is -1.30. The van der Waals surface area contributed by atoms with Crippen molar-refractivity contribution in [3.63, 3.8) is 0 Å². The van der Waals surface area contributed by atoms with E-state index in [4.69, 9.17) is 10.5 Å². The number of rotatable bonds is 3. The van der Waals surface area contributed by atoms with Crippen LogP contribution in [0.1, 0.15) is 52.9 Å². The zero-order valence-corrected chi connectivity index (χ0v) is 14.7. The first kappa shape index (κ1) is 17.8. The predicted octanol–water partition coefficient (Wildman–Crippen LogP) is 3.10. The van der Waals surface area contributed by atoms with Gasteiger partial charge in [0, 0.05) is 11.0 Å². The summed E-state index contributed by atoms with van der Waals surface area (Å²) in [5.74, 6) is 1.08. The van der Waals surface area contributed by atoms with E-state index in [1.807, 2.05) is 48.5 Å². The fraction of sp³-hybridized carbons (Fsp3) is 0.667. The van der Waals surface area contributed by atoms with Gasteiger partial charge in [-0.15, -0.1) is 0 Å². The summed E-state index contributed by atoms with van der Waals surface area (Å²) in [4.78, 5) is 20.7. The zero-order chi connectivity index (χ0) is 16.4. The molecule has 21 heavy (non-hydrogen) atoms. The Labute approximate surface area is 131 Å². The van der Waals surface area contributed by atoms with Crippen LogP contribution in [0.4, 0.5) is 5.82 Å². The third-order valence-electron chi connectivity index (χ3n) is 2.56. The summed E-state index contributed by atoms with van der Waals surface area (Å²) < 4.78 is 5.29. The first-order valence-corrected chi connectivity index (χ1v) is 7.88. The van der Waals surface area contributed by atoms with Crippen molar-refractivity contribution in [2.75, 3.05) is 11.5 Å². The van der Waals surface area contributed by atoms with E-state index in [-0.39, 0.29) is 17.1 Å². The maximum Gasteiger partial charge on any atom is 0.316 e. The van der Waals surface area contributed by atoms with E-state index in [0.717, 1.165) is 10.6 Å². The third-order valence-corrected chi connectivity index (χ3v) is 3.61. The molecule has 0 aliphatic heterocycles. The van der Waals surface area contributed by atoms with Gasteiger partial charge in [-0.05, 0) is 27.7 Å². The molecule has 5 nitrogen and oxygen atoms in total. The van der Waals surface area contributed by atoms with Crippen molar-refractivity contribution in [1.82, 2.24) is 9.97 Å². The summed E-state index contributed by atoms with van der Waals surface area (Å²) in [6, 6.07) is 0. The number of hydrogen-bond acceptors (Lipinski definition) is 6. The fourth-order valence-corrected chi connectivity index (χ4v) is 2.27. The Bertz CT molecular complexity index is 531. The first-order chi connectivity index (χ1) is 9.40. The summed E-state index contributed by atoms with van der Waals surface area (Å²) in [7, 11) is 0. The van der Waals surface area contributed by atoms with Crippen molar-refractivity contribution in [1.29, 1.82) is 0 Å². The van der Waals surface area contributed by atoms with Crippen LogP contribution in [-0.4, -0.2) is 27.3 Å². The molecule has 0 aromatic carbocycles. The highest BCUT2D eigenvalue weighted by atomic mass is 32.2. The maximum atomic E-state index is 11.8. The molecule has 2 N–H and O–H groups in total. The molecule has 0 atom stereocenters. The molecule has 0 aliphatic carbocycles. The van der Waals surface area contributed by atoms with E-state index in [9.17, 15) is 4.79 Å². The number of nitrogens with two attached hydrogens (primary N) is 1. The highest BCUT2D eigenvalue weighted by molar-refractivity contribution is 7.99. The van der Waals surface area contributed by atoms with Gasteiger partial charge in [0.2, 0.25) is 0 Å². The number of ether oxygens (including phenoxy) is 1. The second-order valence-corrected chi connectivity index (χ2v) is 7.95. The standard InChI is InChI=1S/C15H25N3O2S/c1-9-11(16)17-13(14(2,3)4)18-12(9)21-8-10(19)20-15(5,6)7/h8H2,1-7H3,(H2,16,17,18). The van der Waals surface area contributed by atoms with Gasteiger partial charge < -0.3 is 10.5 Å². The molecule has 0 spiro atoms. The van der Waals surface area contributed by atoms with E-state index in [1.54, 1.807) is 0 Å². The molecular weight excluding hydrogens is 286 g/mol. The van der Waals surface area contributed by atoms with Crippen molar-refractivity contribution in [3.05, 3.63) is 11.4 Å². The molecule has 0 saturated carbocycles. The predicted molar refractivity (Wildman–Crippen MR) is 86.5 cm³/mol. The molecule has 6 heteroatoms. The number of nitrogen functional groups attached to an aromatic ring is 1. The van der Waals surface area contributed by atoms with E-state index in [0.29, 0.717) is 11.6 Å². The van der Waals surface area contributed by atoms with Crippen LogP contribution in [0.3, 0.4) is 0 Å². The lowest BCUT2D eigenvalue weighted by molar-refractivity contribution is -0.151. The molecule has 1 rings (SSSR count). The molecule has 0 unspecified atom stereocenters. The zero-order valence-electron chi connectivity index (χ0n) is 13.9. The number of hydrogen-bond donors (Lipinski definition) is 1. The highest BCUT2D eigenvalue weighted by Crippen LogP contribution is 2.28. The molecule has 1 aromatic rings. The van der Waals surface area contributed by atoms with Gasteiger partial charge in [0.05, 0.1) is 5.75 Å². The summed E-state index contributed by atoms with van der Waals surface area (Å²) in [6.07, 6.45) is 0. The van der Waals surface area contributed by atoms with Gasteiger partial charge in [-0.2, -0.15) is 0 Å². The Kier molecular flexibility index (Phi) is 5.25. The Balaban J connectivity index is 2.89. The molecule has 0 bridgehead atoms. The number of esters is 1. The van der Waals surface area contributed by atoms with Gasteiger partial charge in [0.25, 0.3) is 0 Å². The molecule has 1 heterocycles. The molecular formula is C15H25N3O2S. The van der Waals surface area contributed by atoms with Crippen LogP contribution < -0.4 is 5.73 Å². The number of anilines is 1. The normalized spacial score (nSPS) is 12.3. The minimum atomic E-state index is -0.478. The second-order valence-electron chi connectivity index (χ2n) is 6.99. The van der Waals surface area contributed by atoms with Crippen LogP contribution in [0.25, 0.3) is 0 Å². The van der Waals surface area contributed by atoms with Crippen LogP contribution in [0.5, 0.6) is 0 Å². The van der Waals surface area contributed by atoms with Gasteiger partial charge in [0.15, 0.2) is 0 Å². The Morgan fingerprint density at radius 3 is 2.24 bits per heavy atom. The average molecular weight is 311 g/mol. The van der Waals surface area contributed by atoms with Crippen LogP contribution in [-0.2, 0) is 14.9 Å². The van der Waals surface area contributed by atoms with E-state index >= 15 is 0 Å². The minimum Gasteiger partial charge on any atom is -0.459 e. The van der Waals surface area contributed by atoms with Crippen molar-refractivity contribution in [2.45, 2.75) is 64.5 Å². The third kappa shape index (κ3) is 5.53. The quantitative estimate of drug-likeness (QED) is 0.525. The monoisotopic (exact) mass is 311 g/mol. The Morgan fingerprint density at radius 1 is 1.19 bits per heavy atom. The number of carbonyl (C=O) groups excluding carboxylic acids is 1. The summed E-state index contributed by atoms with van der Waals surface area (Å²) >= 11 is 1.33. The summed E-state index contributed by atoms with van der Waals surface area (Å²) in [5, 5.41) is 0.735. The maximum absolute atomic E-state index is 11.8. The SMILES string of the molecule is Cc1c(N)nc(C(C)(C)C)nc1SCC(=O)OC(C)(C)C. The lowest BCUT2D eigenvalue weighted by Gasteiger charge is -2.20. The largest absolute Gasteiger partial charge is 0.459 e. The molecule has 0 amide bonds. The van der Waals surface area contributed by atoms with Gasteiger partial charge in [-0.25, -0.2) is 9.97 Å². The number of thioether (sulfide) groups is 1. The first-order valence-electron chi connectivity index (χ1n) is 6.89. The molecule has 1 aromatic heterocycles.